The molecule has 0 radical (unpaired) electrons. The molecule has 3 unspecified atom stereocenters. The molecule has 2 saturated carbocycles. The van der Waals surface area contributed by atoms with Crippen molar-refractivity contribution in [2.45, 2.75) is 84.3 Å². The van der Waals surface area contributed by atoms with E-state index < -0.39 is 0 Å². The van der Waals surface area contributed by atoms with Gasteiger partial charge in [0.1, 0.15) is 0 Å². The highest BCUT2D eigenvalue weighted by atomic mass is 15.3. The molecule has 2 aliphatic carbocycles. The SMILES string of the molecule is CC(C)C1CNC(C)(C2CC2)CN1C1CCCC1(C)C. The van der Waals surface area contributed by atoms with E-state index in [0.717, 1.165) is 23.9 Å². The topological polar surface area (TPSA) is 15.3 Å². The van der Waals surface area contributed by atoms with Crippen LogP contribution in [0.2, 0.25) is 0 Å². The zero-order valence-electron chi connectivity index (χ0n) is 14.2. The number of nitrogens with zero attached hydrogens (tertiary/aromatic N) is 1. The molecule has 0 bridgehead atoms. The summed E-state index contributed by atoms with van der Waals surface area (Å²) in [7, 11) is 0. The van der Waals surface area contributed by atoms with Crippen LogP contribution < -0.4 is 5.32 Å². The fourth-order valence-corrected chi connectivity index (χ4v) is 4.88. The number of nitrogens with one attached hydrogen (secondary N) is 1. The highest BCUT2D eigenvalue weighted by Crippen LogP contribution is 2.46. The van der Waals surface area contributed by atoms with Crippen molar-refractivity contribution in [3.8, 4) is 0 Å². The van der Waals surface area contributed by atoms with E-state index in [9.17, 15) is 0 Å². The van der Waals surface area contributed by atoms with Gasteiger partial charge in [-0.2, -0.15) is 0 Å². The Balaban J connectivity index is 1.82. The van der Waals surface area contributed by atoms with Gasteiger partial charge in [-0.15, -0.1) is 0 Å². The zero-order valence-corrected chi connectivity index (χ0v) is 14.2. The maximum Gasteiger partial charge on any atom is 0.0309 e. The van der Waals surface area contributed by atoms with Crippen LogP contribution in [0.4, 0.5) is 0 Å². The lowest BCUT2D eigenvalue weighted by molar-refractivity contribution is -0.0122. The highest BCUT2D eigenvalue weighted by molar-refractivity contribution is 5.07. The predicted octanol–water partition coefficient (Wildman–Crippen LogP) is 3.66. The Bertz CT molecular complexity index is 358. The fraction of sp³-hybridized carbons (Fsp3) is 1.00. The minimum atomic E-state index is 0.379. The van der Waals surface area contributed by atoms with Gasteiger partial charge >= 0.3 is 0 Å². The van der Waals surface area contributed by atoms with Gasteiger partial charge in [-0.1, -0.05) is 34.1 Å². The van der Waals surface area contributed by atoms with E-state index in [-0.39, 0.29) is 0 Å². The number of hydrogen-bond donors (Lipinski definition) is 1. The lowest BCUT2D eigenvalue weighted by Crippen LogP contribution is -2.68. The summed E-state index contributed by atoms with van der Waals surface area (Å²) in [4.78, 5) is 2.92. The van der Waals surface area contributed by atoms with Crippen LogP contribution in [0.1, 0.15) is 66.7 Å². The van der Waals surface area contributed by atoms with Crippen molar-refractivity contribution in [1.82, 2.24) is 10.2 Å². The van der Waals surface area contributed by atoms with Gasteiger partial charge in [-0.05, 0) is 49.9 Å². The van der Waals surface area contributed by atoms with E-state index in [0.29, 0.717) is 11.0 Å². The lowest BCUT2D eigenvalue weighted by Gasteiger charge is -2.53. The molecule has 20 heavy (non-hydrogen) atoms. The van der Waals surface area contributed by atoms with Crippen LogP contribution in [0, 0.1) is 17.3 Å². The normalized spacial score (nSPS) is 42.3. The Morgan fingerprint density at radius 1 is 1.10 bits per heavy atom. The number of hydrogen-bond acceptors (Lipinski definition) is 2. The zero-order chi connectivity index (χ0) is 14.5. The smallest absolute Gasteiger partial charge is 0.0309 e. The van der Waals surface area contributed by atoms with Gasteiger partial charge in [0.25, 0.3) is 0 Å². The van der Waals surface area contributed by atoms with Crippen molar-refractivity contribution in [2.75, 3.05) is 13.1 Å². The molecule has 0 aromatic heterocycles. The van der Waals surface area contributed by atoms with Crippen LogP contribution in [0.3, 0.4) is 0 Å². The first-order valence-electron chi connectivity index (χ1n) is 8.84. The summed E-state index contributed by atoms with van der Waals surface area (Å²) in [5.41, 5.74) is 0.888. The van der Waals surface area contributed by atoms with Crippen molar-refractivity contribution in [3.05, 3.63) is 0 Å². The first-order chi connectivity index (χ1) is 9.33. The Labute approximate surface area is 125 Å². The summed E-state index contributed by atoms with van der Waals surface area (Å²) in [6.45, 7) is 14.8. The molecule has 1 N–H and O–H groups in total. The second-order valence-corrected chi connectivity index (χ2v) is 8.95. The summed E-state index contributed by atoms with van der Waals surface area (Å²) >= 11 is 0. The van der Waals surface area contributed by atoms with E-state index in [1.54, 1.807) is 0 Å². The van der Waals surface area contributed by atoms with Crippen LogP contribution in [0.5, 0.6) is 0 Å². The van der Waals surface area contributed by atoms with E-state index in [1.807, 2.05) is 0 Å². The Hall–Kier alpha value is -0.0800. The van der Waals surface area contributed by atoms with Crippen LogP contribution in [0.15, 0.2) is 0 Å². The average molecular weight is 278 g/mol. The molecular formula is C18H34N2. The van der Waals surface area contributed by atoms with Gasteiger partial charge in [0.15, 0.2) is 0 Å². The molecule has 116 valence electrons. The quantitative estimate of drug-likeness (QED) is 0.847. The molecule has 1 aliphatic heterocycles. The monoisotopic (exact) mass is 278 g/mol. The molecule has 0 aromatic carbocycles. The maximum absolute atomic E-state index is 3.93. The first-order valence-corrected chi connectivity index (χ1v) is 8.84. The largest absolute Gasteiger partial charge is 0.308 e. The van der Waals surface area contributed by atoms with Crippen molar-refractivity contribution >= 4 is 0 Å². The molecule has 1 heterocycles. The van der Waals surface area contributed by atoms with Crippen molar-refractivity contribution in [3.63, 3.8) is 0 Å². The third kappa shape index (κ3) is 2.54. The van der Waals surface area contributed by atoms with Gasteiger partial charge in [-0.3, -0.25) is 4.90 Å². The predicted molar refractivity (Wildman–Crippen MR) is 85.9 cm³/mol. The van der Waals surface area contributed by atoms with Crippen LogP contribution in [-0.2, 0) is 0 Å². The van der Waals surface area contributed by atoms with Crippen molar-refractivity contribution in [2.24, 2.45) is 17.3 Å². The maximum atomic E-state index is 3.93. The van der Waals surface area contributed by atoms with Gasteiger partial charge in [-0.25, -0.2) is 0 Å². The number of piperazine rings is 1. The summed E-state index contributed by atoms with van der Waals surface area (Å²) in [6.07, 6.45) is 7.13. The molecule has 3 rings (SSSR count). The van der Waals surface area contributed by atoms with Crippen LogP contribution in [-0.4, -0.2) is 35.6 Å². The van der Waals surface area contributed by atoms with E-state index in [2.05, 4.69) is 44.8 Å². The Morgan fingerprint density at radius 3 is 2.30 bits per heavy atom. The lowest BCUT2D eigenvalue weighted by atomic mass is 9.81. The summed E-state index contributed by atoms with van der Waals surface area (Å²) in [6, 6.07) is 1.53. The second-order valence-electron chi connectivity index (χ2n) is 8.95. The van der Waals surface area contributed by atoms with E-state index in [1.165, 1.54) is 45.2 Å². The fourth-order valence-electron chi connectivity index (χ4n) is 4.88. The minimum absolute atomic E-state index is 0.379. The second kappa shape index (κ2) is 4.98. The van der Waals surface area contributed by atoms with Gasteiger partial charge in [0, 0.05) is 30.7 Å². The summed E-state index contributed by atoms with van der Waals surface area (Å²) in [5.74, 6) is 1.69. The third-order valence-corrected chi connectivity index (χ3v) is 6.50. The standard InChI is InChI=1S/C18H34N2/c1-13(2)15-11-19-18(5,14-8-9-14)12-20(15)16-7-6-10-17(16,3)4/h13-16,19H,6-12H2,1-5H3. The van der Waals surface area contributed by atoms with Crippen LogP contribution in [0.25, 0.3) is 0 Å². The molecule has 3 aliphatic rings. The first kappa shape index (κ1) is 14.8. The molecule has 3 fully saturated rings. The van der Waals surface area contributed by atoms with Gasteiger partial charge in [0.2, 0.25) is 0 Å². The molecule has 0 aromatic rings. The molecule has 2 nitrogen and oxygen atoms in total. The van der Waals surface area contributed by atoms with Crippen LogP contribution >= 0.6 is 0 Å². The van der Waals surface area contributed by atoms with E-state index in [4.69, 9.17) is 0 Å². The summed E-state index contributed by atoms with van der Waals surface area (Å²) in [5, 5.41) is 3.93. The summed E-state index contributed by atoms with van der Waals surface area (Å²) < 4.78 is 0. The highest BCUT2D eigenvalue weighted by Gasteiger charge is 2.50. The molecule has 1 saturated heterocycles. The molecule has 0 amide bonds. The molecular weight excluding hydrogens is 244 g/mol. The van der Waals surface area contributed by atoms with Gasteiger partial charge in [0.05, 0.1) is 0 Å². The van der Waals surface area contributed by atoms with Gasteiger partial charge < -0.3 is 5.32 Å². The van der Waals surface area contributed by atoms with Crippen molar-refractivity contribution in [1.29, 1.82) is 0 Å². The molecule has 2 heteroatoms. The molecule has 0 spiro atoms. The van der Waals surface area contributed by atoms with E-state index >= 15 is 0 Å². The Morgan fingerprint density at radius 2 is 1.80 bits per heavy atom. The average Bonchev–Trinajstić information content (AvgIpc) is 3.14. The third-order valence-electron chi connectivity index (χ3n) is 6.50. The van der Waals surface area contributed by atoms with Crippen molar-refractivity contribution < 1.29 is 0 Å². The Kier molecular flexibility index (Phi) is 3.70. The molecule has 3 atom stereocenters. The number of rotatable bonds is 3. The minimum Gasteiger partial charge on any atom is -0.308 e.